The Morgan fingerprint density at radius 1 is 1.22 bits per heavy atom. The van der Waals surface area contributed by atoms with Gasteiger partial charge in [0.2, 0.25) is 0 Å². The molecular weight excluding hydrogens is 413 g/mol. The van der Waals surface area contributed by atoms with Crippen LogP contribution in [0.5, 0.6) is 5.75 Å². The molecule has 1 atom stereocenters. The SMILES string of the molecule is COc1ccc(-n2nnnc2-c2cc(C3C=NN(C4CCNCC4)C3)cnc2N)cc1F. The van der Waals surface area contributed by atoms with E-state index in [0.717, 1.165) is 38.0 Å². The van der Waals surface area contributed by atoms with Crippen LogP contribution >= 0.6 is 0 Å². The van der Waals surface area contributed by atoms with Crippen LogP contribution in [0.2, 0.25) is 0 Å². The molecule has 32 heavy (non-hydrogen) atoms. The number of nitrogens with zero attached hydrogens (tertiary/aromatic N) is 7. The molecule has 5 rings (SSSR count). The van der Waals surface area contributed by atoms with Crippen LogP contribution in [0.3, 0.4) is 0 Å². The normalized spacial score (nSPS) is 18.9. The Bertz CT molecular complexity index is 1140. The van der Waals surface area contributed by atoms with Gasteiger partial charge in [-0.15, -0.1) is 5.10 Å². The van der Waals surface area contributed by atoms with Crippen LogP contribution in [0, 0.1) is 5.82 Å². The molecule has 1 fully saturated rings. The molecule has 2 aliphatic heterocycles. The first kappa shape index (κ1) is 20.3. The van der Waals surface area contributed by atoms with Crippen LogP contribution in [0.4, 0.5) is 10.2 Å². The molecular formula is C21H24FN9O. The highest BCUT2D eigenvalue weighted by Crippen LogP contribution is 2.31. The van der Waals surface area contributed by atoms with Crippen molar-refractivity contribution >= 4 is 12.0 Å². The van der Waals surface area contributed by atoms with Crippen LogP contribution in [0.1, 0.15) is 24.3 Å². The minimum Gasteiger partial charge on any atom is -0.494 e. The number of hydrazone groups is 1. The van der Waals surface area contributed by atoms with Crippen molar-refractivity contribution in [2.75, 3.05) is 32.5 Å². The molecule has 3 N–H and O–H groups in total. The van der Waals surface area contributed by atoms with Crippen molar-refractivity contribution in [2.24, 2.45) is 5.10 Å². The Morgan fingerprint density at radius 3 is 2.84 bits per heavy atom. The summed E-state index contributed by atoms with van der Waals surface area (Å²) in [5.74, 6) is 0.409. The lowest BCUT2D eigenvalue weighted by Crippen LogP contribution is -2.40. The molecule has 2 aliphatic rings. The van der Waals surface area contributed by atoms with E-state index in [2.05, 4.69) is 35.9 Å². The number of rotatable bonds is 5. The fraction of sp³-hybridized carbons (Fsp3) is 0.381. The largest absolute Gasteiger partial charge is 0.494 e. The molecule has 166 valence electrons. The number of hydrogen-bond donors (Lipinski definition) is 2. The van der Waals surface area contributed by atoms with Gasteiger partial charge in [-0.05, 0) is 60.1 Å². The lowest BCUT2D eigenvalue weighted by molar-refractivity contribution is 0.181. The molecule has 1 unspecified atom stereocenters. The van der Waals surface area contributed by atoms with E-state index in [9.17, 15) is 4.39 Å². The number of nitrogens with one attached hydrogen (secondary N) is 1. The third-order valence-corrected chi connectivity index (χ3v) is 5.97. The lowest BCUT2D eigenvalue weighted by atomic mass is 9.99. The van der Waals surface area contributed by atoms with Crippen LogP contribution in [0.25, 0.3) is 17.1 Å². The number of hydrogen-bond acceptors (Lipinski definition) is 9. The first-order chi connectivity index (χ1) is 15.6. The Hall–Kier alpha value is -3.60. The molecule has 0 aliphatic carbocycles. The van der Waals surface area contributed by atoms with Crippen LogP contribution in [-0.2, 0) is 0 Å². The maximum atomic E-state index is 14.2. The quantitative estimate of drug-likeness (QED) is 0.618. The maximum absolute atomic E-state index is 14.2. The number of methoxy groups -OCH3 is 1. The smallest absolute Gasteiger partial charge is 0.190 e. The molecule has 11 heteroatoms. The van der Waals surface area contributed by atoms with Crippen molar-refractivity contribution in [2.45, 2.75) is 24.8 Å². The van der Waals surface area contributed by atoms with Gasteiger partial charge in [0.25, 0.3) is 0 Å². The summed E-state index contributed by atoms with van der Waals surface area (Å²) in [5, 5.41) is 22.1. The summed E-state index contributed by atoms with van der Waals surface area (Å²) in [5.41, 5.74) is 8.19. The number of nitrogen functional groups attached to an aromatic ring is 1. The van der Waals surface area contributed by atoms with Crippen LogP contribution in [-0.4, -0.2) is 69.2 Å². The second kappa shape index (κ2) is 8.50. The predicted molar refractivity (Wildman–Crippen MR) is 117 cm³/mol. The molecule has 0 radical (unpaired) electrons. The number of piperidine rings is 1. The van der Waals surface area contributed by atoms with E-state index < -0.39 is 5.82 Å². The average Bonchev–Trinajstić information content (AvgIpc) is 3.50. The topological polar surface area (TPSA) is 119 Å². The fourth-order valence-corrected chi connectivity index (χ4v) is 4.19. The zero-order valence-electron chi connectivity index (χ0n) is 17.6. The standard InChI is InChI=1S/C21H24FN9O/c1-32-19-3-2-16(9-18(19)22)31-21(27-28-29-31)17-8-13(10-25-20(17)23)14-11-26-30(12-14)15-4-6-24-7-5-15/h2-3,8-11,14-15,24H,4-7,12H2,1H3,(H2,23,25). The van der Waals surface area contributed by atoms with E-state index in [4.69, 9.17) is 10.5 Å². The number of halogens is 1. The third-order valence-electron chi connectivity index (χ3n) is 5.97. The average molecular weight is 437 g/mol. The van der Waals surface area contributed by atoms with Gasteiger partial charge in [0.15, 0.2) is 17.4 Å². The van der Waals surface area contributed by atoms with Crippen LogP contribution in [0.15, 0.2) is 35.6 Å². The highest BCUT2D eigenvalue weighted by atomic mass is 19.1. The summed E-state index contributed by atoms with van der Waals surface area (Å²) < 4.78 is 20.7. The summed E-state index contributed by atoms with van der Waals surface area (Å²) in [6, 6.07) is 6.91. The van der Waals surface area contributed by atoms with Crippen molar-refractivity contribution in [1.82, 2.24) is 35.5 Å². The van der Waals surface area contributed by atoms with E-state index in [1.54, 1.807) is 12.3 Å². The zero-order chi connectivity index (χ0) is 22.1. The van der Waals surface area contributed by atoms with Gasteiger partial charge in [-0.1, -0.05) is 0 Å². The maximum Gasteiger partial charge on any atom is 0.190 e. The van der Waals surface area contributed by atoms with Gasteiger partial charge in [0.1, 0.15) is 5.82 Å². The van der Waals surface area contributed by atoms with Crippen molar-refractivity contribution < 1.29 is 9.13 Å². The molecule has 4 heterocycles. The molecule has 2 aromatic heterocycles. The fourth-order valence-electron chi connectivity index (χ4n) is 4.19. The van der Waals surface area contributed by atoms with Crippen molar-refractivity contribution in [3.63, 3.8) is 0 Å². The number of aromatic nitrogens is 5. The molecule has 1 aromatic carbocycles. The van der Waals surface area contributed by atoms with Gasteiger partial charge >= 0.3 is 0 Å². The number of pyridine rings is 1. The summed E-state index contributed by atoms with van der Waals surface area (Å²) >= 11 is 0. The molecule has 0 bridgehead atoms. The molecule has 0 spiro atoms. The van der Waals surface area contributed by atoms with Crippen LogP contribution < -0.4 is 15.8 Å². The highest BCUT2D eigenvalue weighted by Gasteiger charge is 2.28. The molecule has 3 aromatic rings. The Balaban J connectivity index is 1.43. The van der Waals surface area contributed by atoms with E-state index >= 15 is 0 Å². The number of tetrazole rings is 1. The molecule has 10 nitrogen and oxygen atoms in total. The molecule has 1 saturated heterocycles. The number of benzene rings is 1. The molecule has 0 saturated carbocycles. The number of nitrogens with two attached hydrogens (primary N) is 1. The Kier molecular flexibility index (Phi) is 5.39. The third kappa shape index (κ3) is 3.75. The van der Waals surface area contributed by atoms with Gasteiger partial charge in [-0.3, -0.25) is 5.01 Å². The summed E-state index contributed by atoms with van der Waals surface area (Å²) in [6.45, 7) is 2.83. The first-order valence-corrected chi connectivity index (χ1v) is 10.5. The summed E-state index contributed by atoms with van der Waals surface area (Å²) in [6.07, 6.45) is 5.90. The monoisotopic (exact) mass is 437 g/mol. The predicted octanol–water partition coefficient (Wildman–Crippen LogP) is 1.59. The van der Waals surface area contributed by atoms with Crippen molar-refractivity contribution in [3.05, 3.63) is 41.8 Å². The minimum atomic E-state index is -0.508. The second-order valence-electron chi connectivity index (χ2n) is 7.91. The Morgan fingerprint density at radius 2 is 2.06 bits per heavy atom. The van der Waals surface area contributed by atoms with Gasteiger partial charge in [-0.2, -0.15) is 9.78 Å². The van der Waals surface area contributed by atoms with E-state index in [1.165, 1.54) is 23.9 Å². The van der Waals surface area contributed by atoms with Crippen molar-refractivity contribution in [3.8, 4) is 22.8 Å². The Labute approximate surface area is 184 Å². The molecule has 0 amide bonds. The van der Waals surface area contributed by atoms with Gasteiger partial charge in [0, 0.05) is 37.0 Å². The summed E-state index contributed by atoms with van der Waals surface area (Å²) in [4.78, 5) is 4.38. The second-order valence-corrected chi connectivity index (χ2v) is 7.91. The first-order valence-electron chi connectivity index (χ1n) is 10.5. The van der Waals surface area contributed by atoms with E-state index in [-0.39, 0.29) is 11.7 Å². The van der Waals surface area contributed by atoms with Gasteiger partial charge in [0.05, 0.1) is 18.4 Å². The summed E-state index contributed by atoms with van der Waals surface area (Å²) in [7, 11) is 1.41. The highest BCUT2D eigenvalue weighted by molar-refractivity contribution is 5.74. The van der Waals surface area contributed by atoms with E-state index in [1.807, 2.05) is 12.3 Å². The number of ether oxygens (including phenoxy) is 1. The van der Waals surface area contributed by atoms with Gasteiger partial charge in [-0.25, -0.2) is 9.37 Å². The van der Waals surface area contributed by atoms with Gasteiger partial charge < -0.3 is 15.8 Å². The number of anilines is 1. The minimum absolute atomic E-state index is 0.0968. The lowest BCUT2D eigenvalue weighted by Gasteiger charge is -2.30. The zero-order valence-corrected chi connectivity index (χ0v) is 17.6. The van der Waals surface area contributed by atoms with E-state index in [0.29, 0.717) is 28.9 Å². The van der Waals surface area contributed by atoms with Crippen molar-refractivity contribution in [1.29, 1.82) is 0 Å².